The third kappa shape index (κ3) is 5.96. The molecule has 1 saturated heterocycles. The summed E-state index contributed by atoms with van der Waals surface area (Å²) in [6.45, 7) is 7.97. The van der Waals surface area contributed by atoms with Gasteiger partial charge in [-0.15, -0.1) is 0 Å². The molecule has 116 valence electrons. The molecule has 1 aliphatic heterocycles. The molecule has 1 unspecified atom stereocenters. The van der Waals surface area contributed by atoms with E-state index in [0.717, 1.165) is 13.0 Å². The van der Waals surface area contributed by atoms with Crippen molar-refractivity contribution in [2.24, 2.45) is 0 Å². The van der Waals surface area contributed by atoms with Crippen LogP contribution in [0.15, 0.2) is 0 Å². The molecule has 0 aromatic rings. The highest BCUT2D eigenvalue weighted by molar-refractivity contribution is 6.20. The number of alkyl halides is 1. The zero-order valence-corrected chi connectivity index (χ0v) is 13.2. The first kappa shape index (κ1) is 17.0. The van der Waals surface area contributed by atoms with Gasteiger partial charge in [0.2, 0.25) is 0 Å². The van der Waals surface area contributed by atoms with E-state index in [-0.39, 0.29) is 18.7 Å². The Bertz CT molecular complexity index is 355. The topological polar surface area (TPSA) is 67.9 Å². The average molecular weight is 307 g/mol. The van der Waals surface area contributed by atoms with E-state index in [1.165, 1.54) is 0 Å². The number of ether oxygens (including phenoxy) is 2. The lowest BCUT2D eigenvalue weighted by molar-refractivity contribution is -0.150. The number of nitrogens with zero attached hydrogens (tertiary/aromatic N) is 1. The molecule has 1 fully saturated rings. The molecule has 0 bridgehead atoms. The van der Waals surface area contributed by atoms with Gasteiger partial charge in [0.1, 0.15) is 11.6 Å². The average Bonchev–Trinajstić information content (AvgIpc) is 2.70. The summed E-state index contributed by atoms with van der Waals surface area (Å²) in [4.78, 5) is 25.3. The van der Waals surface area contributed by atoms with Gasteiger partial charge in [-0.05, 0) is 40.5 Å². The summed E-state index contributed by atoms with van der Waals surface area (Å²) in [5.41, 5.74) is -1.19. The van der Waals surface area contributed by atoms with Gasteiger partial charge in [-0.3, -0.25) is 9.69 Å². The van der Waals surface area contributed by atoms with Crippen LogP contribution in [0.25, 0.3) is 0 Å². The third-order valence-corrected chi connectivity index (χ3v) is 2.83. The number of nitrogens with one attached hydrogen (secondary N) is 1. The molecule has 6 nitrogen and oxygen atoms in total. The van der Waals surface area contributed by atoms with Crippen LogP contribution >= 0.6 is 11.6 Å². The normalized spacial score (nSPS) is 21.4. The zero-order chi connectivity index (χ0) is 15.3. The predicted molar refractivity (Wildman–Crippen MR) is 75.4 cm³/mol. The first-order valence-corrected chi connectivity index (χ1v) is 7.18. The smallest absolute Gasteiger partial charge is 0.408 e. The highest BCUT2D eigenvalue weighted by Gasteiger charge is 2.32. The second-order valence-corrected chi connectivity index (χ2v) is 6.40. The second kappa shape index (κ2) is 7.13. The first-order valence-electron chi connectivity index (χ1n) is 6.74. The number of hydrogen-bond acceptors (Lipinski definition) is 5. The van der Waals surface area contributed by atoms with Crippen molar-refractivity contribution in [1.29, 1.82) is 0 Å². The molecule has 0 radical (unpaired) electrons. The molecule has 20 heavy (non-hydrogen) atoms. The SMILES string of the molecule is CC(Cl)OC(=O)[C@@H]1CCCN1CNC(=O)OC(C)(C)C. The minimum atomic E-state index is -0.649. The van der Waals surface area contributed by atoms with Gasteiger partial charge in [0.25, 0.3) is 0 Å². The molecular weight excluding hydrogens is 284 g/mol. The van der Waals surface area contributed by atoms with Crippen LogP contribution < -0.4 is 5.32 Å². The third-order valence-electron chi connectivity index (χ3n) is 2.74. The van der Waals surface area contributed by atoms with Crippen LogP contribution in [0.5, 0.6) is 0 Å². The van der Waals surface area contributed by atoms with Crippen LogP contribution in [0.4, 0.5) is 4.79 Å². The Morgan fingerprint density at radius 2 is 2.10 bits per heavy atom. The summed E-state index contributed by atoms with van der Waals surface area (Å²) in [5, 5.41) is 2.64. The van der Waals surface area contributed by atoms with Crippen molar-refractivity contribution in [2.75, 3.05) is 13.2 Å². The largest absolute Gasteiger partial charge is 0.445 e. The molecular formula is C13H23ClN2O4. The van der Waals surface area contributed by atoms with E-state index in [0.29, 0.717) is 6.42 Å². The lowest BCUT2D eigenvalue weighted by Crippen LogP contribution is -2.45. The molecule has 0 aromatic heterocycles. The van der Waals surface area contributed by atoms with Gasteiger partial charge in [-0.2, -0.15) is 0 Å². The molecule has 7 heteroatoms. The molecule has 0 aromatic carbocycles. The minimum Gasteiger partial charge on any atom is -0.445 e. The number of carbonyl (C=O) groups is 2. The van der Waals surface area contributed by atoms with E-state index in [9.17, 15) is 9.59 Å². The van der Waals surface area contributed by atoms with E-state index in [2.05, 4.69) is 5.32 Å². The molecule has 1 amide bonds. The monoisotopic (exact) mass is 306 g/mol. The summed E-state index contributed by atoms with van der Waals surface area (Å²) in [7, 11) is 0. The van der Waals surface area contributed by atoms with E-state index in [4.69, 9.17) is 21.1 Å². The lowest BCUT2D eigenvalue weighted by Gasteiger charge is -2.25. The van der Waals surface area contributed by atoms with E-state index in [1.54, 1.807) is 27.7 Å². The molecule has 0 saturated carbocycles. The first-order chi connectivity index (χ1) is 9.19. The number of alkyl carbamates (subject to hydrolysis) is 1. The zero-order valence-electron chi connectivity index (χ0n) is 12.4. The fraction of sp³-hybridized carbons (Fsp3) is 0.846. The molecule has 0 aliphatic carbocycles. The Kier molecular flexibility index (Phi) is 6.07. The van der Waals surface area contributed by atoms with Gasteiger partial charge in [0.05, 0.1) is 6.67 Å². The van der Waals surface area contributed by atoms with Gasteiger partial charge >= 0.3 is 12.1 Å². The van der Waals surface area contributed by atoms with Crippen molar-refractivity contribution in [1.82, 2.24) is 10.2 Å². The van der Waals surface area contributed by atoms with Crippen LogP contribution in [-0.4, -0.2) is 47.4 Å². The molecule has 2 atom stereocenters. The Morgan fingerprint density at radius 1 is 1.45 bits per heavy atom. The second-order valence-electron chi connectivity index (χ2n) is 5.79. The predicted octanol–water partition coefficient (Wildman–Crippen LogP) is 2.06. The van der Waals surface area contributed by atoms with E-state index >= 15 is 0 Å². The highest BCUT2D eigenvalue weighted by atomic mass is 35.5. The number of amides is 1. The Hall–Kier alpha value is -1.01. The van der Waals surface area contributed by atoms with Crippen molar-refractivity contribution >= 4 is 23.7 Å². The van der Waals surface area contributed by atoms with Crippen molar-refractivity contribution in [3.8, 4) is 0 Å². The number of halogens is 1. The highest BCUT2D eigenvalue weighted by Crippen LogP contribution is 2.18. The van der Waals surface area contributed by atoms with Crippen LogP contribution in [0.1, 0.15) is 40.5 Å². The summed E-state index contributed by atoms with van der Waals surface area (Å²) >= 11 is 5.65. The maximum absolute atomic E-state index is 11.8. The van der Waals surface area contributed by atoms with Crippen LogP contribution in [0.2, 0.25) is 0 Å². The lowest BCUT2D eigenvalue weighted by atomic mass is 10.2. The number of hydrogen-bond donors (Lipinski definition) is 1. The van der Waals surface area contributed by atoms with Crippen LogP contribution in [0, 0.1) is 0 Å². The Morgan fingerprint density at radius 3 is 2.65 bits per heavy atom. The maximum Gasteiger partial charge on any atom is 0.408 e. The minimum absolute atomic E-state index is 0.255. The number of esters is 1. The van der Waals surface area contributed by atoms with Crippen molar-refractivity contribution in [3.63, 3.8) is 0 Å². The Labute approximate surface area is 124 Å². The number of rotatable bonds is 4. The molecule has 1 rings (SSSR count). The summed E-state index contributed by atoms with van der Waals surface area (Å²) in [5.74, 6) is -0.351. The van der Waals surface area contributed by atoms with E-state index < -0.39 is 17.3 Å². The standard InChI is InChI=1S/C13H23ClN2O4/c1-9(14)19-11(17)10-6-5-7-16(10)8-15-12(18)20-13(2,3)4/h9-10H,5-8H2,1-4H3,(H,15,18)/t9?,10-/m0/s1. The quantitative estimate of drug-likeness (QED) is 0.636. The maximum atomic E-state index is 11.8. The van der Waals surface area contributed by atoms with Gasteiger partial charge in [-0.1, -0.05) is 11.6 Å². The van der Waals surface area contributed by atoms with E-state index in [1.807, 2.05) is 4.90 Å². The fourth-order valence-corrected chi connectivity index (χ4v) is 2.09. The summed E-state index contributed by atoms with van der Waals surface area (Å²) in [6, 6.07) is -0.355. The molecule has 1 heterocycles. The number of likely N-dealkylation sites (tertiary alicyclic amines) is 1. The summed E-state index contributed by atoms with van der Waals surface area (Å²) < 4.78 is 10.1. The van der Waals surface area contributed by atoms with Crippen molar-refractivity contribution in [3.05, 3.63) is 0 Å². The molecule has 1 N–H and O–H groups in total. The summed E-state index contributed by atoms with van der Waals surface area (Å²) in [6.07, 6.45) is 1.09. The van der Waals surface area contributed by atoms with Crippen LogP contribution in [-0.2, 0) is 14.3 Å². The van der Waals surface area contributed by atoms with Crippen LogP contribution in [0.3, 0.4) is 0 Å². The number of carbonyl (C=O) groups excluding carboxylic acids is 2. The molecule has 0 spiro atoms. The van der Waals surface area contributed by atoms with Crippen molar-refractivity contribution < 1.29 is 19.1 Å². The van der Waals surface area contributed by atoms with Gasteiger partial charge in [-0.25, -0.2) is 4.79 Å². The van der Waals surface area contributed by atoms with Gasteiger partial charge in [0, 0.05) is 6.54 Å². The van der Waals surface area contributed by atoms with Gasteiger partial charge < -0.3 is 14.8 Å². The van der Waals surface area contributed by atoms with Crippen molar-refractivity contribution in [2.45, 2.75) is 57.7 Å². The molecule has 1 aliphatic rings. The fourth-order valence-electron chi connectivity index (χ4n) is 2.00. The Balaban J connectivity index is 2.42. The van der Waals surface area contributed by atoms with Gasteiger partial charge in [0.15, 0.2) is 5.56 Å².